The fourth-order valence-corrected chi connectivity index (χ4v) is 5.77. The summed E-state index contributed by atoms with van der Waals surface area (Å²) in [5.41, 5.74) is 13.6. The molecule has 166 valence electrons. The zero-order valence-corrected chi connectivity index (χ0v) is 19.5. The third kappa shape index (κ3) is 2.98. The zero-order valence-electron chi connectivity index (χ0n) is 19.5. The topological polar surface area (TPSA) is 0 Å². The fraction of sp³-hybridized carbons (Fsp3) is 0.0588. The van der Waals surface area contributed by atoms with Crippen LogP contribution in [0.1, 0.15) is 34.7 Å². The van der Waals surface area contributed by atoms with Crippen LogP contribution in [-0.2, 0) is 6.42 Å². The smallest absolute Gasteiger partial charge is 0.123 e. The van der Waals surface area contributed by atoms with Crippen molar-refractivity contribution < 1.29 is 4.39 Å². The molecule has 0 radical (unpaired) electrons. The molecule has 35 heavy (non-hydrogen) atoms. The molecule has 1 heteroatoms. The van der Waals surface area contributed by atoms with Gasteiger partial charge in [0.2, 0.25) is 0 Å². The van der Waals surface area contributed by atoms with Crippen molar-refractivity contribution in [2.75, 3.05) is 0 Å². The van der Waals surface area contributed by atoms with Crippen molar-refractivity contribution in [2.45, 2.75) is 13.3 Å². The molecule has 0 atom stereocenters. The van der Waals surface area contributed by atoms with Crippen molar-refractivity contribution in [3.8, 4) is 22.3 Å². The van der Waals surface area contributed by atoms with E-state index in [0.29, 0.717) is 0 Å². The van der Waals surface area contributed by atoms with E-state index in [9.17, 15) is 4.39 Å². The summed E-state index contributed by atoms with van der Waals surface area (Å²) >= 11 is 0. The fourth-order valence-electron chi connectivity index (χ4n) is 5.77. The molecular weight excluding hydrogens is 427 g/mol. The first-order valence-corrected chi connectivity index (χ1v) is 12.2. The summed E-state index contributed by atoms with van der Waals surface area (Å²) in [7, 11) is 0. The summed E-state index contributed by atoms with van der Waals surface area (Å²) in [5.74, 6) is -0.211. The van der Waals surface area contributed by atoms with Gasteiger partial charge in [0.1, 0.15) is 5.82 Å². The molecule has 0 unspecified atom stereocenters. The molecular formula is C34H23F. The van der Waals surface area contributed by atoms with E-state index in [1.165, 1.54) is 66.1 Å². The van der Waals surface area contributed by atoms with Crippen molar-refractivity contribution >= 4 is 11.1 Å². The van der Waals surface area contributed by atoms with Gasteiger partial charge >= 0.3 is 0 Å². The second-order valence-electron chi connectivity index (χ2n) is 9.34. The first kappa shape index (κ1) is 20.2. The summed E-state index contributed by atoms with van der Waals surface area (Å²) in [6.45, 7) is 2.19. The van der Waals surface area contributed by atoms with Crippen molar-refractivity contribution in [3.05, 3.63) is 153 Å². The molecule has 0 amide bonds. The van der Waals surface area contributed by atoms with E-state index in [4.69, 9.17) is 0 Å². The number of hydrogen-bond acceptors (Lipinski definition) is 0. The molecule has 0 heterocycles. The highest BCUT2D eigenvalue weighted by Crippen LogP contribution is 2.39. The normalized spacial score (nSPS) is 12.9. The Morgan fingerprint density at radius 2 is 0.914 bits per heavy atom. The summed E-state index contributed by atoms with van der Waals surface area (Å²) in [4.78, 5) is 0. The Morgan fingerprint density at radius 1 is 0.486 bits per heavy atom. The minimum atomic E-state index is -0.211. The molecule has 0 saturated carbocycles. The Balaban J connectivity index is 1.59. The molecule has 0 spiro atoms. The van der Waals surface area contributed by atoms with Crippen LogP contribution >= 0.6 is 0 Å². The maximum atomic E-state index is 13.8. The Morgan fingerprint density at radius 3 is 1.37 bits per heavy atom. The highest BCUT2D eigenvalue weighted by atomic mass is 19.1. The van der Waals surface area contributed by atoms with Crippen LogP contribution in [0.15, 0.2) is 109 Å². The lowest BCUT2D eigenvalue weighted by Crippen LogP contribution is -2.15. The third-order valence-corrected chi connectivity index (χ3v) is 7.45. The average Bonchev–Trinajstić information content (AvgIpc) is 3.40. The second kappa shape index (κ2) is 7.65. The van der Waals surface area contributed by atoms with E-state index < -0.39 is 0 Å². The monoisotopic (exact) mass is 450 g/mol. The highest BCUT2D eigenvalue weighted by molar-refractivity contribution is 6.00. The average molecular weight is 451 g/mol. The lowest BCUT2D eigenvalue weighted by Gasteiger charge is -2.08. The number of fused-ring (bicyclic) bond motifs is 6. The standard InChI is InChI=1S/C34H23F/c1-2-21-11-13-22(14-12-21)33-27-9-5-3-7-25(27)29-20-32-30(19-31(29)33)26-8-4-6-10-28(26)34(32)23-15-17-24(35)18-16-23/h3-20H,2H2,1H3. The zero-order chi connectivity index (χ0) is 23.5. The molecule has 0 fully saturated rings. The third-order valence-electron chi connectivity index (χ3n) is 7.45. The SMILES string of the molecule is CCc1ccc(C2=c3cc4c(cc3-c3ccccc32)=C(c2ccc(F)cc2)c2ccccc2-4)cc1. The predicted molar refractivity (Wildman–Crippen MR) is 142 cm³/mol. The molecule has 7 rings (SSSR count). The van der Waals surface area contributed by atoms with Gasteiger partial charge in [0, 0.05) is 0 Å². The Bertz CT molecular complexity index is 1750. The van der Waals surface area contributed by atoms with Gasteiger partial charge < -0.3 is 0 Å². The van der Waals surface area contributed by atoms with Crippen molar-refractivity contribution in [1.29, 1.82) is 0 Å². The van der Waals surface area contributed by atoms with E-state index in [-0.39, 0.29) is 5.82 Å². The Labute approximate surface area is 204 Å². The number of hydrogen-bond donors (Lipinski definition) is 0. The molecule has 5 aromatic rings. The first-order valence-electron chi connectivity index (χ1n) is 12.2. The quantitative estimate of drug-likeness (QED) is 0.276. The molecule has 0 nitrogen and oxygen atoms in total. The molecule has 2 aliphatic rings. The van der Waals surface area contributed by atoms with E-state index in [1.807, 2.05) is 12.1 Å². The van der Waals surface area contributed by atoms with E-state index in [0.717, 1.165) is 12.0 Å². The van der Waals surface area contributed by atoms with Gasteiger partial charge in [-0.15, -0.1) is 0 Å². The van der Waals surface area contributed by atoms with Crippen LogP contribution in [0.2, 0.25) is 0 Å². The van der Waals surface area contributed by atoms with Gasteiger partial charge in [-0.2, -0.15) is 0 Å². The summed E-state index contributed by atoms with van der Waals surface area (Å²) in [6.07, 6.45) is 1.04. The maximum Gasteiger partial charge on any atom is 0.123 e. The number of aryl methyl sites for hydroxylation is 1. The van der Waals surface area contributed by atoms with Crippen molar-refractivity contribution in [1.82, 2.24) is 0 Å². The lowest BCUT2D eigenvalue weighted by atomic mass is 9.96. The van der Waals surface area contributed by atoms with Gasteiger partial charge in [0.25, 0.3) is 0 Å². The number of benzene rings is 5. The Kier molecular flexibility index (Phi) is 4.41. The molecule has 0 N–H and O–H groups in total. The van der Waals surface area contributed by atoms with E-state index in [2.05, 4.69) is 91.9 Å². The highest BCUT2D eigenvalue weighted by Gasteiger charge is 2.26. The van der Waals surface area contributed by atoms with Gasteiger partial charge in [0.15, 0.2) is 0 Å². The van der Waals surface area contributed by atoms with Gasteiger partial charge in [-0.3, -0.25) is 0 Å². The van der Waals surface area contributed by atoms with Crippen molar-refractivity contribution in [2.24, 2.45) is 0 Å². The minimum Gasteiger partial charge on any atom is -0.207 e. The number of rotatable bonds is 3. The first-order chi connectivity index (χ1) is 17.2. The summed E-state index contributed by atoms with van der Waals surface area (Å²) in [5, 5.41) is 2.50. The van der Waals surface area contributed by atoms with Crippen LogP contribution in [0.3, 0.4) is 0 Å². The molecule has 2 aliphatic carbocycles. The van der Waals surface area contributed by atoms with Gasteiger partial charge in [-0.1, -0.05) is 91.9 Å². The van der Waals surface area contributed by atoms with Crippen LogP contribution in [0, 0.1) is 5.82 Å². The molecule has 5 aromatic carbocycles. The minimum absolute atomic E-state index is 0.211. The second-order valence-corrected chi connectivity index (χ2v) is 9.34. The van der Waals surface area contributed by atoms with Crippen LogP contribution in [0.5, 0.6) is 0 Å². The molecule has 0 aliphatic heterocycles. The molecule has 0 bridgehead atoms. The van der Waals surface area contributed by atoms with Crippen LogP contribution in [0.25, 0.3) is 33.4 Å². The van der Waals surface area contributed by atoms with Crippen molar-refractivity contribution in [3.63, 3.8) is 0 Å². The van der Waals surface area contributed by atoms with E-state index >= 15 is 0 Å². The summed E-state index contributed by atoms with van der Waals surface area (Å²) in [6, 6.07) is 37.9. The van der Waals surface area contributed by atoms with Crippen LogP contribution in [0.4, 0.5) is 4.39 Å². The maximum absolute atomic E-state index is 13.8. The Hall–Kier alpha value is -4.23. The number of halogens is 1. The van der Waals surface area contributed by atoms with Crippen LogP contribution < -0.4 is 10.4 Å². The van der Waals surface area contributed by atoms with Gasteiger partial charge in [-0.25, -0.2) is 4.39 Å². The van der Waals surface area contributed by atoms with E-state index in [1.54, 1.807) is 12.1 Å². The predicted octanol–water partition coefficient (Wildman–Crippen LogP) is 6.84. The van der Waals surface area contributed by atoms with Gasteiger partial charge in [-0.05, 0) is 102 Å². The molecule has 0 saturated heterocycles. The van der Waals surface area contributed by atoms with Gasteiger partial charge in [0.05, 0.1) is 0 Å². The summed E-state index contributed by atoms with van der Waals surface area (Å²) < 4.78 is 13.8. The van der Waals surface area contributed by atoms with Crippen LogP contribution in [-0.4, -0.2) is 0 Å². The lowest BCUT2D eigenvalue weighted by molar-refractivity contribution is 0.627. The largest absolute Gasteiger partial charge is 0.207 e. The molecule has 0 aromatic heterocycles.